The summed E-state index contributed by atoms with van der Waals surface area (Å²) < 4.78 is 6.45. The zero-order valence-electron chi connectivity index (χ0n) is 9.86. The lowest BCUT2D eigenvalue weighted by Crippen LogP contribution is -2.26. The van der Waals surface area contributed by atoms with Gasteiger partial charge in [-0.15, -0.1) is 12.4 Å². The molecule has 0 unspecified atom stereocenters. The molecule has 2 rings (SSSR count). The number of rotatable bonds is 3. The lowest BCUT2D eigenvalue weighted by Gasteiger charge is -2.17. The molecule has 96 valence electrons. The van der Waals surface area contributed by atoms with E-state index >= 15 is 0 Å². The number of benzene rings is 1. The van der Waals surface area contributed by atoms with Crippen molar-refractivity contribution in [3.63, 3.8) is 0 Å². The highest BCUT2D eigenvalue weighted by molar-refractivity contribution is 9.10. The van der Waals surface area contributed by atoms with E-state index in [9.17, 15) is 0 Å². The maximum atomic E-state index is 5.90. The highest BCUT2D eigenvalue weighted by atomic mass is 79.9. The van der Waals surface area contributed by atoms with Gasteiger partial charge in [-0.2, -0.15) is 0 Å². The smallest absolute Gasteiger partial charge is 0.123 e. The van der Waals surface area contributed by atoms with Crippen LogP contribution in [0.2, 0.25) is 0 Å². The first-order chi connectivity index (χ1) is 7.69. The van der Waals surface area contributed by atoms with Gasteiger partial charge in [0, 0.05) is 35.7 Å². The molecule has 0 saturated carbocycles. The van der Waals surface area contributed by atoms with E-state index in [1.165, 1.54) is 5.56 Å². The number of halogens is 2. The molecule has 0 spiro atoms. The van der Waals surface area contributed by atoms with Crippen LogP contribution in [0.1, 0.15) is 12.0 Å². The number of nitrogens with zero attached hydrogens (tertiary/aromatic N) is 1. The highest BCUT2D eigenvalue weighted by Crippen LogP contribution is 2.25. The molecule has 0 aromatic heterocycles. The van der Waals surface area contributed by atoms with Crippen molar-refractivity contribution in [1.82, 2.24) is 4.90 Å². The van der Waals surface area contributed by atoms with E-state index in [-0.39, 0.29) is 12.4 Å². The second-order valence-electron chi connectivity index (χ2n) is 4.24. The van der Waals surface area contributed by atoms with Crippen LogP contribution < -0.4 is 10.5 Å². The number of ether oxygens (including phenoxy) is 1. The van der Waals surface area contributed by atoms with Crippen molar-refractivity contribution < 1.29 is 4.74 Å². The van der Waals surface area contributed by atoms with Gasteiger partial charge >= 0.3 is 0 Å². The first-order valence-electron chi connectivity index (χ1n) is 5.49. The van der Waals surface area contributed by atoms with Gasteiger partial charge in [0.25, 0.3) is 0 Å². The Kier molecular flexibility index (Phi) is 5.73. The minimum Gasteiger partial charge on any atom is -0.496 e. The third-order valence-electron chi connectivity index (χ3n) is 2.95. The summed E-state index contributed by atoms with van der Waals surface area (Å²) in [6, 6.07) is 6.44. The van der Waals surface area contributed by atoms with E-state index in [2.05, 4.69) is 26.9 Å². The van der Waals surface area contributed by atoms with Crippen LogP contribution in [0.25, 0.3) is 0 Å². The van der Waals surface area contributed by atoms with Gasteiger partial charge in [-0.05, 0) is 24.6 Å². The molecular weight excluding hydrogens is 304 g/mol. The standard InChI is InChI=1S/C12H17BrN2O.ClH/c1-16-12-3-2-10(13)6-9(12)7-15-5-4-11(14)8-15;/h2-3,6,11H,4-5,7-8,14H2,1H3;1H/t11-;/m1./s1. The first kappa shape index (κ1) is 14.8. The number of hydrogen-bond donors (Lipinski definition) is 1. The minimum atomic E-state index is 0. The number of methoxy groups -OCH3 is 1. The van der Waals surface area contributed by atoms with E-state index in [1.807, 2.05) is 12.1 Å². The van der Waals surface area contributed by atoms with Gasteiger partial charge in [-0.3, -0.25) is 4.90 Å². The fourth-order valence-electron chi connectivity index (χ4n) is 2.12. The van der Waals surface area contributed by atoms with Gasteiger partial charge in [0.2, 0.25) is 0 Å². The summed E-state index contributed by atoms with van der Waals surface area (Å²) >= 11 is 3.49. The summed E-state index contributed by atoms with van der Waals surface area (Å²) in [4.78, 5) is 2.37. The maximum Gasteiger partial charge on any atom is 0.123 e. The Morgan fingerprint density at radius 3 is 2.88 bits per heavy atom. The molecule has 1 aromatic rings. The van der Waals surface area contributed by atoms with Crippen molar-refractivity contribution in [2.75, 3.05) is 20.2 Å². The van der Waals surface area contributed by atoms with Crippen molar-refractivity contribution in [2.24, 2.45) is 5.73 Å². The monoisotopic (exact) mass is 320 g/mol. The molecule has 0 aliphatic carbocycles. The first-order valence-corrected chi connectivity index (χ1v) is 6.28. The molecule has 1 aliphatic heterocycles. The van der Waals surface area contributed by atoms with Crippen LogP contribution >= 0.6 is 28.3 Å². The molecule has 0 bridgehead atoms. The van der Waals surface area contributed by atoms with E-state index in [0.717, 1.165) is 36.3 Å². The fourth-order valence-corrected chi connectivity index (χ4v) is 2.53. The Morgan fingerprint density at radius 1 is 1.53 bits per heavy atom. The Morgan fingerprint density at radius 2 is 2.29 bits per heavy atom. The summed E-state index contributed by atoms with van der Waals surface area (Å²) in [5.41, 5.74) is 7.11. The number of hydrogen-bond acceptors (Lipinski definition) is 3. The summed E-state index contributed by atoms with van der Waals surface area (Å²) in [7, 11) is 1.71. The van der Waals surface area contributed by atoms with Gasteiger partial charge in [0.05, 0.1) is 7.11 Å². The van der Waals surface area contributed by atoms with Gasteiger partial charge < -0.3 is 10.5 Å². The summed E-state index contributed by atoms with van der Waals surface area (Å²) in [5, 5.41) is 0. The molecule has 0 radical (unpaired) electrons. The van der Waals surface area contributed by atoms with Gasteiger partial charge in [0.1, 0.15) is 5.75 Å². The molecule has 5 heteroatoms. The molecule has 1 aliphatic rings. The maximum absolute atomic E-state index is 5.90. The van der Waals surface area contributed by atoms with E-state index < -0.39 is 0 Å². The highest BCUT2D eigenvalue weighted by Gasteiger charge is 2.20. The third kappa shape index (κ3) is 3.85. The summed E-state index contributed by atoms with van der Waals surface area (Å²) in [5.74, 6) is 0.948. The van der Waals surface area contributed by atoms with Gasteiger partial charge in [0.15, 0.2) is 0 Å². The second kappa shape index (κ2) is 6.59. The topological polar surface area (TPSA) is 38.5 Å². The Bertz CT molecular complexity index is 376. The largest absolute Gasteiger partial charge is 0.496 e. The van der Waals surface area contributed by atoms with Crippen molar-refractivity contribution in [1.29, 1.82) is 0 Å². The average Bonchev–Trinajstić information content (AvgIpc) is 2.64. The second-order valence-corrected chi connectivity index (χ2v) is 5.16. The van der Waals surface area contributed by atoms with Crippen LogP contribution in [0.15, 0.2) is 22.7 Å². The lowest BCUT2D eigenvalue weighted by molar-refractivity contribution is 0.317. The average molecular weight is 322 g/mol. The Labute approximate surface area is 117 Å². The molecule has 17 heavy (non-hydrogen) atoms. The van der Waals surface area contributed by atoms with Gasteiger partial charge in [-0.1, -0.05) is 15.9 Å². The van der Waals surface area contributed by atoms with Crippen molar-refractivity contribution in [3.05, 3.63) is 28.2 Å². The van der Waals surface area contributed by atoms with Crippen LogP contribution in [-0.4, -0.2) is 31.1 Å². The number of nitrogens with two attached hydrogens (primary N) is 1. The molecule has 1 fully saturated rings. The molecule has 1 heterocycles. The molecule has 3 nitrogen and oxygen atoms in total. The predicted octanol–water partition coefficient (Wildman–Crippen LogP) is 2.41. The van der Waals surface area contributed by atoms with E-state index in [0.29, 0.717) is 6.04 Å². The van der Waals surface area contributed by atoms with Crippen LogP contribution in [0.5, 0.6) is 5.75 Å². The zero-order valence-corrected chi connectivity index (χ0v) is 12.3. The quantitative estimate of drug-likeness (QED) is 0.929. The lowest BCUT2D eigenvalue weighted by atomic mass is 10.2. The van der Waals surface area contributed by atoms with Crippen molar-refractivity contribution in [3.8, 4) is 5.75 Å². The summed E-state index contributed by atoms with van der Waals surface area (Å²) in [6.45, 7) is 2.98. The van der Waals surface area contributed by atoms with Gasteiger partial charge in [-0.25, -0.2) is 0 Å². The number of likely N-dealkylation sites (tertiary alicyclic amines) is 1. The Balaban J connectivity index is 0.00000144. The molecule has 1 saturated heterocycles. The van der Waals surface area contributed by atoms with Crippen molar-refractivity contribution >= 4 is 28.3 Å². The fraction of sp³-hybridized carbons (Fsp3) is 0.500. The zero-order chi connectivity index (χ0) is 11.5. The normalized spacial score (nSPS) is 20.1. The molecule has 0 amide bonds. The van der Waals surface area contributed by atoms with E-state index in [4.69, 9.17) is 10.5 Å². The van der Waals surface area contributed by atoms with Crippen LogP contribution in [0.3, 0.4) is 0 Å². The Hall–Kier alpha value is -0.290. The molecule has 1 atom stereocenters. The SMILES string of the molecule is COc1ccc(Br)cc1CN1CC[C@@H](N)C1.Cl. The van der Waals surface area contributed by atoms with Crippen LogP contribution in [0.4, 0.5) is 0 Å². The van der Waals surface area contributed by atoms with Crippen molar-refractivity contribution in [2.45, 2.75) is 19.0 Å². The summed E-state index contributed by atoms with van der Waals surface area (Å²) in [6.07, 6.45) is 1.09. The van der Waals surface area contributed by atoms with E-state index in [1.54, 1.807) is 7.11 Å². The molecular formula is C12H18BrClN2O. The van der Waals surface area contributed by atoms with Crippen LogP contribution in [0, 0.1) is 0 Å². The predicted molar refractivity (Wildman–Crippen MR) is 75.8 cm³/mol. The van der Waals surface area contributed by atoms with Crippen LogP contribution in [-0.2, 0) is 6.54 Å². The molecule has 2 N–H and O–H groups in total. The third-order valence-corrected chi connectivity index (χ3v) is 3.44. The molecule has 1 aromatic carbocycles. The minimum absolute atomic E-state index is 0.